The molecule has 0 saturated heterocycles. The number of halogens is 2. The summed E-state index contributed by atoms with van der Waals surface area (Å²) in [5.74, 6) is -3.65. The third-order valence-electron chi connectivity index (χ3n) is 4.14. The number of nitrogens with zero attached hydrogens (tertiary/aromatic N) is 1. The van der Waals surface area contributed by atoms with Crippen molar-refractivity contribution in [3.63, 3.8) is 0 Å². The Balaban J connectivity index is 2.01. The van der Waals surface area contributed by atoms with E-state index in [0.717, 1.165) is 29.9 Å². The van der Waals surface area contributed by atoms with Crippen LogP contribution in [0.4, 0.5) is 8.78 Å². The average Bonchev–Trinajstić information content (AvgIpc) is 2.96. The number of rotatable bonds is 2. The standard InChI is InChI=1S/C14H13F2NO3/c15-10-4-8-9(5-11(10)16)14(20)17(13(8)19)12-3-1-2-7(12)6-18/h4-5,7,12,18H,1-3,6H2. The zero-order valence-corrected chi connectivity index (χ0v) is 10.6. The highest BCUT2D eigenvalue weighted by atomic mass is 19.2. The molecule has 1 heterocycles. The molecular weight excluding hydrogens is 268 g/mol. The number of carbonyl (C=O) groups is 2. The van der Waals surface area contributed by atoms with E-state index in [9.17, 15) is 23.5 Å². The first-order valence-electron chi connectivity index (χ1n) is 6.52. The van der Waals surface area contributed by atoms with Crippen LogP contribution >= 0.6 is 0 Å². The number of carbonyl (C=O) groups excluding carboxylic acids is 2. The molecule has 2 aliphatic rings. The van der Waals surface area contributed by atoms with Gasteiger partial charge in [-0.3, -0.25) is 14.5 Å². The quantitative estimate of drug-likeness (QED) is 0.840. The lowest BCUT2D eigenvalue weighted by Gasteiger charge is -2.26. The number of benzene rings is 1. The molecule has 1 saturated carbocycles. The minimum atomic E-state index is -1.14. The van der Waals surface area contributed by atoms with Crippen molar-refractivity contribution in [2.45, 2.75) is 25.3 Å². The Bertz CT molecular complexity index is 561. The van der Waals surface area contributed by atoms with E-state index < -0.39 is 29.5 Å². The van der Waals surface area contributed by atoms with E-state index in [2.05, 4.69) is 0 Å². The van der Waals surface area contributed by atoms with Gasteiger partial charge < -0.3 is 5.11 Å². The van der Waals surface area contributed by atoms with E-state index in [0.29, 0.717) is 6.42 Å². The van der Waals surface area contributed by atoms with Gasteiger partial charge in [0.15, 0.2) is 11.6 Å². The molecule has 1 aliphatic carbocycles. The zero-order valence-electron chi connectivity index (χ0n) is 10.6. The number of fused-ring (bicyclic) bond motifs is 1. The fourth-order valence-electron chi connectivity index (χ4n) is 3.12. The van der Waals surface area contributed by atoms with Gasteiger partial charge in [0.1, 0.15) is 0 Å². The summed E-state index contributed by atoms with van der Waals surface area (Å²) < 4.78 is 26.4. The number of imide groups is 1. The van der Waals surface area contributed by atoms with E-state index in [1.165, 1.54) is 0 Å². The van der Waals surface area contributed by atoms with Crippen LogP contribution in [0.2, 0.25) is 0 Å². The second-order valence-electron chi connectivity index (χ2n) is 5.23. The summed E-state index contributed by atoms with van der Waals surface area (Å²) in [6.07, 6.45) is 2.16. The van der Waals surface area contributed by atoms with Crippen LogP contribution < -0.4 is 0 Å². The lowest BCUT2D eigenvalue weighted by atomic mass is 10.0. The van der Waals surface area contributed by atoms with Gasteiger partial charge in [0.2, 0.25) is 0 Å². The van der Waals surface area contributed by atoms with Gasteiger partial charge in [-0.1, -0.05) is 6.42 Å². The van der Waals surface area contributed by atoms with E-state index in [4.69, 9.17) is 0 Å². The Kier molecular flexibility index (Phi) is 3.05. The maximum atomic E-state index is 13.2. The molecule has 3 rings (SSSR count). The molecule has 0 bridgehead atoms. The van der Waals surface area contributed by atoms with Crippen molar-refractivity contribution in [1.29, 1.82) is 0 Å². The smallest absolute Gasteiger partial charge is 0.261 e. The lowest BCUT2D eigenvalue weighted by molar-refractivity contribution is 0.0514. The molecule has 1 fully saturated rings. The summed E-state index contributed by atoms with van der Waals surface area (Å²) in [7, 11) is 0. The minimum Gasteiger partial charge on any atom is -0.396 e. The lowest BCUT2D eigenvalue weighted by Crippen LogP contribution is -2.42. The highest BCUT2D eigenvalue weighted by Gasteiger charge is 2.44. The van der Waals surface area contributed by atoms with Crippen molar-refractivity contribution in [2.75, 3.05) is 6.61 Å². The Labute approximate surface area is 114 Å². The van der Waals surface area contributed by atoms with Crippen LogP contribution in [0.25, 0.3) is 0 Å². The van der Waals surface area contributed by atoms with E-state index in [1.807, 2.05) is 0 Å². The van der Waals surface area contributed by atoms with E-state index >= 15 is 0 Å². The monoisotopic (exact) mass is 281 g/mol. The summed E-state index contributed by atoms with van der Waals surface area (Å²) in [5.41, 5.74) is -0.199. The number of aliphatic hydroxyl groups excluding tert-OH is 1. The van der Waals surface area contributed by atoms with Crippen molar-refractivity contribution in [2.24, 2.45) is 5.92 Å². The van der Waals surface area contributed by atoms with Crippen molar-refractivity contribution in [1.82, 2.24) is 4.90 Å². The van der Waals surface area contributed by atoms with Crippen LogP contribution in [0.5, 0.6) is 0 Å². The number of hydrogen-bond acceptors (Lipinski definition) is 3. The zero-order chi connectivity index (χ0) is 14.4. The molecule has 2 amide bonds. The van der Waals surface area contributed by atoms with Crippen LogP contribution in [-0.4, -0.2) is 34.5 Å². The van der Waals surface area contributed by atoms with Crippen LogP contribution in [0.15, 0.2) is 12.1 Å². The molecular formula is C14H13F2NO3. The van der Waals surface area contributed by atoms with Crippen LogP contribution in [0.3, 0.4) is 0 Å². The second-order valence-corrected chi connectivity index (χ2v) is 5.23. The molecule has 106 valence electrons. The topological polar surface area (TPSA) is 57.6 Å². The number of hydrogen-bond donors (Lipinski definition) is 1. The van der Waals surface area contributed by atoms with Gasteiger partial charge >= 0.3 is 0 Å². The van der Waals surface area contributed by atoms with Gasteiger partial charge in [-0.2, -0.15) is 0 Å². The molecule has 1 aromatic rings. The normalized spacial score (nSPS) is 25.4. The summed E-state index contributed by atoms with van der Waals surface area (Å²) >= 11 is 0. The van der Waals surface area contributed by atoms with Gasteiger partial charge in [0.25, 0.3) is 11.8 Å². The van der Waals surface area contributed by atoms with Crippen molar-refractivity contribution >= 4 is 11.8 Å². The molecule has 0 aromatic heterocycles. The van der Waals surface area contributed by atoms with E-state index in [-0.39, 0.29) is 23.7 Å². The Morgan fingerprint density at radius 3 is 2.15 bits per heavy atom. The summed E-state index contributed by atoms with van der Waals surface area (Å²) in [4.78, 5) is 25.6. The molecule has 20 heavy (non-hydrogen) atoms. The highest BCUT2D eigenvalue weighted by Crippen LogP contribution is 2.35. The molecule has 0 spiro atoms. The van der Waals surface area contributed by atoms with Crippen LogP contribution in [0.1, 0.15) is 40.0 Å². The van der Waals surface area contributed by atoms with Crippen molar-refractivity contribution in [3.05, 3.63) is 34.9 Å². The molecule has 0 radical (unpaired) electrons. The average molecular weight is 281 g/mol. The van der Waals surface area contributed by atoms with Gasteiger partial charge in [-0.25, -0.2) is 8.78 Å². The molecule has 2 atom stereocenters. The van der Waals surface area contributed by atoms with Crippen LogP contribution in [0, 0.1) is 17.6 Å². The SMILES string of the molecule is O=C1c2cc(F)c(F)cc2C(=O)N1C1CCCC1CO. The third kappa shape index (κ3) is 1.75. The van der Waals surface area contributed by atoms with Gasteiger partial charge in [-0.05, 0) is 25.0 Å². The van der Waals surface area contributed by atoms with Gasteiger partial charge in [0.05, 0.1) is 11.1 Å². The number of amides is 2. The third-order valence-corrected chi connectivity index (χ3v) is 4.14. The van der Waals surface area contributed by atoms with E-state index in [1.54, 1.807) is 0 Å². The minimum absolute atomic E-state index is 0.0995. The van der Waals surface area contributed by atoms with Gasteiger partial charge in [-0.15, -0.1) is 0 Å². The molecule has 4 nitrogen and oxygen atoms in total. The molecule has 6 heteroatoms. The summed E-state index contributed by atoms with van der Waals surface area (Å²) in [5, 5.41) is 9.31. The van der Waals surface area contributed by atoms with Gasteiger partial charge in [0, 0.05) is 18.6 Å². The maximum absolute atomic E-state index is 13.2. The fraction of sp³-hybridized carbons (Fsp3) is 0.429. The summed E-state index contributed by atoms with van der Waals surface area (Å²) in [6.45, 7) is -0.110. The first-order valence-corrected chi connectivity index (χ1v) is 6.52. The molecule has 2 unspecified atom stereocenters. The van der Waals surface area contributed by atoms with Crippen molar-refractivity contribution in [3.8, 4) is 0 Å². The molecule has 1 aromatic carbocycles. The maximum Gasteiger partial charge on any atom is 0.261 e. The Hall–Kier alpha value is -1.82. The Morgan fingerprint density at radius 2 is 1.65 bits per heavy atom. The molecule has 1 aliphatic heterocycles. The summed E-state index contributed by atoms with van der Waals surface area (Å²) in [6, 6.07) is 1.15. The number of aliphatic hydroxyl groups is 1. The predicted molar refractivity (Wildman–Crippen MR) is 65.1 cm³/mol. The first kappa shape index (κ1) is 13.2. The largest absolute Gasteiger partial charge is 0.396 e. The fourth-order valence-corrected chi connectivity index (χ4v) is 3.12. The Morgan fingerprint density at radius 1 is 1.10 bits per heavy atom. The highest BCUT2D eigenvalue weighted by molar-refractivity contribution is 6.21. The first-order chi connectivity index (χ1) is 9.54. The predicted octanol–water partition coefficient (Wildman–Crippen LogP) is 1.72. The van der Waals surface area contributed by atoms with Crippen LogP contribution in [-0.2, 0) is 0 Å². The van der Waals surface area contributed by atoms with Crippen molar-refractivity contribution < 1.29 is 23.5 Å². The second kappa shape index (κ2) is 4.63. The molecule has 1 N–H and O–H groups in total.